The Balaban J connectivity index is 0.000000383. The summed E-state index contributed by atoms with van der Waals surface area (Å²) in [6.07, 6.45) is -3.98. The van der Waals surface area contributed by atoms with Crippen molar-refractivity contribution in [1.29, 1.82) is 0 Å². The van der Waals surface area contributed by atoms with Crippen LogP contribution in [0.15, 0.2) is 185 Å². The Morgan fingerprint density at radius 3 is 1.28 bits per heavy atom. The summed E-state index contributed by atoms with van der Waals surface area (Å²) in [4.78, 5) is 93.9. The Morgan fingerprint density at radius 1 is 0.456 bits per heavy atom. The molecular formula is C91H128N10O23S. The number of hydrogen-bond donors (Lipinski definition) is 11. The molecule has 0 saturated carbocycles. The Morgan fingerprint density at radius 2 is 0.856 bits per heavy atom. The van der Waals surface area contributed by atoms with E-state index in [-0.39, 0.29) is 158 Å². The van der Waals surface area contributed by atoms with Gasteiger partial charge in [0.15, 0.2) is 24.1 Å². The first-order valence-corrected chi connectivity index (χ1v) is 43.9. The number of nitrogens with zero attached hydrogens (tertiary/aromatic N) is 3. The van der Waals surface area contributed by atoms with E-state index in [1.807, 2.05) is 165 Å². The first-order valence-electron chi connectivity index (χ1n) is 42.5. The maximum absolute atomic E-state index is 14.2. The van der Waals surface area contributed by atoms with Gasteiger partial charge < -0.3 is 105 Å². The zero-order valence-electron chi connectivity index (χ0n) is 72.4. The molecule has 2 fully saturated rings. The number of unbranched alkanes of at least 4 members (excludes halogenated alkanes) is 1. The third kappa shape index (κ3) is 37.8. The molecule has 0 bridgehead atoms. The number of Topliss-reactive ketones (excluding diaryl/α,β-unsaturated/α-hetero) is 3. The lowest BCUT2D eigenvalue weighted by Crippen LogP contribution is -2.55. The lowest BCUT2D eigenvalue weighted by atomic mass is 9.89. The second-order valence-corrected chi connectivity index (χ2v) is 32.8. The number of hydrogen-bond acceptors (Lipinski definition) is 28. The first-order chi connectivity index (χ1) is 60.2. The molecule has 2 aliphatic heterocycles. The van der Waals surface area contributed by atoms with Gasteiger partial charge in [0.2, 0.25) is 33.7 Å². The smallest absolute Gasteiger partial charge is 0.246 e. The van der Waals surface area contributed by atoms with Crippen LogP contribution in [0.5, 0.6) is 0 Å². The lowest BCUT2D eigenvalue weighted by molar-refractivity contribution is -0.282. The molecule has 6 aromatic rings. The average Bonchev–Trinajstić information content (AvgIpc) is 0.822. The monoisotopic (exact) mass is 1760 g/mol. The number of anilines is 1. The summed E-state index contributed by atoms with van der Waals surface area (Å²) in [5.74, 6) is -3.72. The van der Waals surface area contributed by atoms with Gasteiger partial charge >= 0.3 is 0 Å². The Hall–Kier alpha value is -9.12. The number of carbonyl (C=O) groups excluding carboxylic acids is 7. The topological polar surface area (TPSA) is 467 Å². The van der Waals surface area contributed by atoms with Crippen LogP contribution in [0, 0.1) is 17.8 Å². The van der Waals surface area contributed by atoms with E-state index in [1.54, 1.807) is 26.0 Å². The zero-order chi connectivity index (χ0) is 90.3. The van der Waals surface area contributed by atoms with Crippen LogP contribution in [0.2, 0.25) is 0 Å². The van der Waals surface area contributed by atoms with E-state index in [9.17, 15) is 62.4 Å². The predicted molar refractivity (Wildman–Crippen MR) is 467 cm³/mol. The largest absolute Gasteiger partial charge is 0.390 e. The molecule has 8 rings (SSSR count). The highest BCUT2D eigenvalue weighted by molar-refractivity contribution is 7.89. The van der Waals surface area contributed by atoms with Crippen molar-refractivity contribution >= 4 is 68.1 Å². The van der Waals surface area contributed by atoms with E-state index in [1.165, 1.54) is 26.4 Å². The van der Waals surface area contributed by atoms with Crippen LogP contribution < -0.4 is 42.4 Å². The van der Waals surface area contributed by atoms with Gasteiger partial charge in [-0.3, -0.25) is 33.6 Å². The molecule has 33 nitrogen and oxygen atoms in total. The summed E-state index contributed by atoms with van der Waals surface area (Å²) in [5, 5.41) is 60.0. The van der Waals surface area contributed by atoms with Crippen molar-refractivity contribution in [1.82, 2.24) is 26.0 Å². The van der Waals surface area contributed by atoms with Gasteiger partial charge in [0.25, 0.3) is 0 Å². The number of carbonyl (C=O) groups is 7. The molecule has 2 aliphatic rings. The van der Waals surface area contributed by atoms with Crippen LogP contribution in [-0.2, 0) is 117 Å². The van der Waals surface area contributed by atoms with Gasteiger partial charge in [-0.25, -0.2) is 13.1 Å². The van der Waals surface area contributed by atoms with Gasteiger partial charge in [0.1, 0.15) is 31.2 Å². The number of amides is 4. The van der Waals surface area contributed by atoms with Crippen LogP contribution in [-0.4, -0.2) is 270 Å². The maximum atomic E-state index is 14.2. The van der Waals surface area contributed by atoms with Gasteiger partial charge in [-0.15, -0.1) is 0 Å². The fourth-order valence-corrected chi connectivity index (χ4v) is 14.7. The second kappa shape index (κ2) is 56.9. The van der Waals surface area contributed by atoms with Gasteiger partial charge in [-0.1, -0.05) is 142 Å². The number of methoxy groups -OCH3 is 2. The molecule has 15 atom stereocenters. The van der Waals surface area contributed by atoms with E-state index in [0.717, 1.165) is 27.9 Å². The first kappa shape index (κ1) is 103. The number of sulfonamides is 1. The van der Waals surface area contributed by atoms with Crippen LogP contribution in [0.25, 0.3) is 0 Å². The fraction of sp³-hybridized carbons (Fsp3) is 0.527. The van der Waals surface area contributed by atoms with Crippen molar-refractivity contribution in [3.63, 3.8) is 0 Å². The van der Waals surface area contributed by atoms with Crippen molar-refractivity contribution in [2.45, 2.75) is 169 Å². The van der Waals surface area contributed by atoms with E-state index >= 15 is 0 Å². The summed E-state index contributed by atoms with van der Waals surface area (Å²) in [6, 6.07) is 48.1. The summed E-state index contributed by atoms with van der Waals surface area (Å²) in [7, 11) is 2.81. The second-order valence-electron chi connectivity index (χ2n) is 31.0. The van der Waals surface area contributed by atoms with Gasteiger partial charge in [-0.2, -0.15) is 10.2 Å². The van der Waals surface area contributed by atoms with Crippen molar-refractivity contribution in [2.75, 3.05) is 132 Å². The predicted octanol–water partition coefficient (Wildman–Crippen LogP) is 5.26. The Labute approximate surface area is 733 Å². The molecule has 0 aromatic heterocycles. The third-order valence-electron chi connectivity index (χ3n) is 21.1. The van der Waals surface area contributed by atoms with E-state index in [4.69, 9.17) is 58.8 Å². The molecule has 0 spiro atoms. The fourth-order valence-electron chi connectivity index (χ4n) is 13.6. The van der Waals surface area contributed by atoms with E-state index in [0.29, 0.717) is 69.7 Å². The molecule has 2 saturated heterocycles. The van der Waals surface area contributed by atoms with E-state index < -0.39 is 107 Å². The van der Waals surface area contributed by atoms with Crippen LogP contribution in [0.1, 0.15) is 87.5 Å². The van der Waals surface area contributed by atoms with E-state index in [2.05, 4.69) is 36.2 Å². The van der Waals surface area contributed by atoms with Crippen molar-refractivity contribution in [3.8, 4) is 0 Å². The molecule has 0 aliphatic carbocycles. The van der Waals surface area contributed by atoms with Crippen molar-refractivity contribution in [2.24, 2.45) is 39.4 Å². The number of aliphatic hydroxyl groups excluding tert-OH is 4. The highest BCUT2D eigenvalue weighted by Gasteiger charge is 2.44. The van der Waals surface area contributed by atoms with Gasteiger partial charge in [0.05, 0.1) is 118 Å². The number of benzene rings is 6. The SMILES string of the molecule is CO[C@@H]1OC(COCC(=O)NCCOCCOCCCC(=O)[C@H](Cc2ccccc2)NC(=O)[C@@H](CC(=O)[C@H](N)CCCCNS(=O)(=O)c2ccc(N=Nc3ccc(N(C)C)cc3)cc2)Cc2ccccc2)[C@@H](C)[C@H](O)C1O.CO[C@@H]1OC(COCC(=O)NCCOCCOCCCC(=O)[C@H](Cc2ccccc2)NC(=O)[C@@H](N)Cc2ccccc2)[C@@H](C)[C@H](O)C1O. The number of aliphatic hydroxyl groups is 4. The summed E-state index contributed by atoms with van der Waals surface area (Å²) in [6.45, 7) is 6.04. The molecule has 34 heteroatoms. The summed E-state index contributed by atoms with van der Waals surface area (Å²) in [5.41, 5.74) is 18.3. The minimum Gasteiger partial charge on any atom is -0.390 e. The number of nitrogens with one attached hydrogen (secondary N) is 5. The molecule has 0 radical (unpaired) electrons. The van der Waals surface area contributed by atoms with Crippen LogP contribution >= 0.6 is 0 Å². The Kier molecular flexibility index (Phi) is 46.8. The van der Waals surface area contributed by atoms with Crippen LogP contribution in [0.3, 0.4) is 0 Å². The molecule has 6 aromatic carbocycles. The molecule has 125 heavy (non-hydrogen) atoms. The highest BCUT2D eigenvalue weighted by atomic mass is 32.2. The highest BCUT2D eigenvalue weighted by Crippen LogP contribution is 2.29. The molecule has 13 N–H and O–H groups in total. The molecular weight excluding hydrogens is 1630 g/mol. The Bertz CT molecular complexity index is 4270. The summed E-state index contributed by atoms with van der Waals surface area (Å²) >= 11 is 0. The molecule has 686 valence electrons. The standard InChI is InChI=1S/C56H77N7O13S.C35H51N3O10/c1-39-51(76-56(72-4)54(68)53(39)67)37-75-38-52(66)58-29-31-74-33-32-73-30-13-19-49(64)48(35-41-16-9-6-10-17-41)60-55(69)42(34-40-14-7-5-8-15-40)36-50(65)47(57)18-11-12-28-59-77(70,71)46-26-22-44(23-27-46)62-61-43-20-24-45(25-21-43)63(2)3;1-24-30(48-35(44-2)33(42)32(24)41)22-47-23-31(40)37-15-17-46-19-18-45-16-9-14-29(39)28(21-26-12-7-4-8-13-26)38-34(43)27(36)20-25-10-5-3-6-11-25/h5-10,14-17,20-27,39,42,47-48,51,53-54,56,59,67-68H,11-13,18-19,28-38,57H2,1-4H3,(H,58,66)(H,60,69);3-8,10-13,24,27-28,30,32-33,35,41-42H,9,14-23,36H2,1-2H3,(H,37,40)(H,38,43)/t39-,42-,47-,48+,51?,53+,54?,56-;24-,27+,28+,30?,32+,33?,35-/m11/s1. The van der Waals surface area contributed by atoms with Crippen molar-refractivity contribution in [3.05, 3.63) is 192 Å². The number of ketones is 3. The lowest BCUT2D eigenvalue weighted by Gasteiger charge is -2.40. The summed E-state index contributed by atoms with van der Waals surface area (Å²) < 4.78 is 83.3. The minimum atomic E-state index is -3.82. The normalized spacial score (nSPS) is 20.1. The van der Waals surface area contributed by atoms with Gasteiger partial charge in [-0.05, 0) is 122 Å². The molecule has 4 amide bonds. The minimum absolute atomic E-state index is 0.0270. The quantitative estimate of drug-likeness (QED) is 0.0171. The number of nitrogens with two attached hydrogens (primary N) is 2. The maximum Gasteiger partial charge on any atom is 0.246 e. The number of azo groups is 1. The van der Waals surface area contributed by atoms with Crippen molar-refractivity contribution < 1.29 is 110 Å². The number of rotatable bonds is 57. The van der Waals surface area contributed by atoms with Crippen LogP contribution in [0.4, 0.5) is 17.1 Å². The average molecular weight is 1760 g/mol. The third-order valence-corrected chi connectivity index (χ3v) is 22.6. The zero-order valence-corrected chi connectivity index (χ0v) is 73.2. The van der Waals surface area contributed by atoms with Gasteiger partial charge in [0, 0.05) is 104 Å². The molecule has 4 unspecified atom stereocenters. The molecule has 2 heterocycles. The number of ether oxygens (including phenoxy) is 10.